The van der Waals surface area contributed by atoms with E-state index < -0.39 is 5.41 Å². The van der Waals surface area contributed by atoms with Crippen LogP contribution in [0.1, 0.15) is 20.8 Å². The topological polar surface area (TPSA) is 61.4 Å². The molecule has 0 spiro atoms. The number of nitrogens with one attached hydrogen (secondary N) is 2. The van der Waals surface area contributed by atoms with Crippen molar-refractivity contribution in [1.29, 1.82) is 0 Å². The molecule has 0 aliphatic carbocycles. The van der Waals surface area contributed by atoms with Crippen LogP contribution < -0.4 is 10.6 Å². The molecule has 0 saturated heterocycles. The zero-order valence-electron chi connectivity index (χ0n) is 14.1. The van der Waals surface area contributed by atoms with Crippen molar-refractivity contribution in [2.75, 3.05) is 23.7 Å². The fourth-order valence-electron chi connectivity index (χ4n) is 1.75. The van der Waals surface area contributed by atoms with Crippen molar-refractivity contribution in [2.45, 2.75) is 20.8 Å². The van der Waals surface area contributed by atoms with Gasteiger partial charge in [-0.25, -0.2) is 4.79 Å². The minimum atomic E-state index is -0.482. The summed E-state index contributed by atoms with van der Waals surface area (Å²) in [5.41, 5.74) is 0.769. The van der Waals surface area contributed by atoms with Gasteiger partial charge in [-0.15, -0.1) is 13.2 Å². The highest BCUT2D eigenvalue weighted by molar-refractivity contribution is 5.96. The first kappa shape index (κ1) is 18.5. The fraction of sp³-hybridized carbons (Fsp3) is 0.333. The number of rotatable bonds is 6. The number of hydrogen-bond acceptors (Lipinski definition) is 2. The lowest BCUT2D eigenvalue weighted by atomic mass is 9.95. The third kappa shape index (κ3) is 5.98. The van der Waals surface area contributed by atoms with E-state index >= 15 is 0 Å². The van der Waals surface area contributed by atoms with Crippen molar-refractivity contribution in [2.24, 2.45) is 5.41 Å². The smallest absolute Gasteiger partial charge is 0.322 e. The van der Waals surface area contributed by atoms with E-state index in [-0.39, 0.29) is 11.9 Å². The second kappa shape index (κ2) is 8.17. The second-order valence-corrected chi connectivity index (χ2v) is 6.20. The van der Waals surface area contributed by atoms with E-state index in [1.165, 1.54) is 0 Å². The monoisotopic (exact) mass is 315 g/mol. The fourth-order valence-corrected chi connectivity index (χ4v) is 1.75. The van der Waals surface area contributed by atoms with Gasteiger partial charge in [-0.2, -0.15) is 0 Å². The molecule has 0 aliphatic heterocycles. The molecule has 1 aromatic carbocycles. The third-order valence-corrected chi connectivity index (χ3v) is 3.04. The van der Waals surface area contributed by atoms with Gasteiger partial charge in [0, 0.05) is 29.9 Å². The molecule has 1 rings (SSSR count). The Morgan fingerprint density at radius 2 is 1.61 bits per heavy atom. The standard InChI is InChI=1S/C18H25N3O2/c1-6-11-21(12-7-2)17(23)20-15-10-8-9-14(13-15)19-16(22)18(3,4)5/h6-10,13H,1-2,11-12H2,3-5H3,(H,19,22)(H,20,23). The summed E-state index contributed by atoms with van der Waals surface area (Å²) in [5, 5.41) is 5.64. The van der Waals surface area contributed by atoms with Gasteiger partial charge in [-0.05, 0) is 18.2 Å². The Morgan fingerprint density at radius 3 is 2.09 bits per heavy atom. The van der Waals surface area contributed by atoms with E-state index in [1.807, 2.05) is 20.8 Å². The average Bonchev–Trinajstić information content (AvgIpc) is 2.46. The normalized spacial score (nSPS) is 10.6. The lowest BCUT2D eigenvalue weighted by Crippen LogP contribution is -2.35. The van der Waals surface area contributed by atoms with Crippen LogP contribution in [0.5, 0.6) is 0 Å². The van der Waals surface area contributed by atoms with Crippen LogP contribution in [0.25, 0.3) is 0 Å². The van der Waals surface area contributed by atoms with E-state index in [2.05, 4.69) is 23.8 Å². The van der Waals surface area contributed by atoms with E-state index in [0.29, 0.717) is 24.5 Å². The van der Waals surface area contributed by atoms with Crippen LogP contribution in [0.2, 0.25) is 0 Å². The second-order valence-electron chi connectivity index (χ2n) is 6.20. The zero-order valence-corrected chi connectivity index (χ0v) is 14.1. The summed E-state index contributed by atoms with van der Waals surface area (Å²) in [4.78, 5) is 25.8. The van der Waals surface area contributed by atoms with Gasteiger partial charge in [-0.1, -0.05) is 39.0 Å². The molecule has 0 bridgehead atoms. The predicted octanol–water partition coefficient (Wildman–Crippen LogP) is 3.88. The van der Waals surface area contributed by atoms with E-state index in [9.17, 15) is 9.59 Å². The number of urea groups is 1. The van der Waals surface area contributed by atoms with Gasteiger partial charge in [0.25, 0.3) is 0 Å². The van der Waals surface area contributed by atoms with Gasteiger partial charge < -0.3 is 15.5 Å². The quantitative estimate of drug-likeness (QED) is 0.783. The number of anilines is 2. The lowest BCUT2D eigenvalue weighted by Gasteiger charge is -2.21. The Labute approximate surface area is 138 Å². The van der Waals surface area contributed by atoms with Crippen LogP contribution in [0, 0.1) is 5.41 Å². The first-order chi connectivity index (χ1) is 10.8. The highest BCUT2D eigenvalue weighted by Gasteiger charge is 2.21. The first-order valence-corrected chi connectivity index (χ1v) is 7.47. The predicted molar refractivity (Wildman–Crippen MR) is 95.5 cm³/mol. The van der Waals surface area contributed by atoms with Gasteiger partial charge in [-0.3, -0.25) is 4.79 Å². The molecule has 0 radical (unpaired) electrons. The van der Waals surface area contributed by atoms with Gasteiger partial charge in [0.05, 0.1) is 0 Å². The molecule has 0 fully saturated rings. The number of nitrogens with zero attached hydrogens (tertiary/aromatic N) is 1. The summed E-state index contributed by atoms with van der Waals surface area (Å²) in [6, 6.07) is 6.81. The summed E-state index contributed by atoms with van der Waals surface area (Å²) in [6.45, 7) is 13.7. The molecule has 124 valence electrons. The molecule has 3 amide bonds. The molecule has 0 saturated carbocycles. The lowest BCUT2D eigenvalue weighted by molar-refractivity contribution is -0.123. The van der Waals surface area contributed by atoms with E-state index in [0.717, 1.165) is 0 Å². The number of hydrogen-bond donors (Lipinski definition) is 2. The van der Waals surface area contributed by atoms with Crippen LogP contribution in [-0.2, 0) is 4.79 Å². The van der Waals surface area contributed by atoms with Crippen molar-refractivity contribution in [3.63, 3.8) is 0 Å². The average molecular weight is 315 g/mol. The Balaban J connectivity index is 2.80. The van der Waals surface area contributed by atoms with Crippen LogP contribution in [0.15, 0.2) is 49.6 Å². The van der Waals surface area contributed by atoms with E-state index in [4.69, 9.17) is 0 Å². The minimum Gasteiger partial charge on any atom is -0.326 e. The molecule has 0 aliphatic rings. The molecule has 2 N–H and O–H groups in total. The van der Waals surface area contributed by atoms with Crippen LogP contribution >= 0.6 is 0 Å². The third-order valence-electron chi connectivity index (χ3n) is 3.04. The van der Waals surface area contributed by atoms with Gasteiger partial charge in [0.15, 0.2) is 0 Å². The van der Waals surface area contributed by atoms with Crippen molar-refractivity contribution >= 4 is 23.3 Å². The molecule has 0 aromatic heterocycles. The summed E-state index contributed by atoms with van der Waals surface area (Å²) in [7, 11) is 0. The van der Waals surface area contributed by atoms with Crippen molar-refractivity contribution < 1.29 is 9.59 Å². The van der Waals surface area contributed by atoms with Gasteiger partial charge >= 0.3 is 6.03 Å². The maximum Gasteiger partial charge on any atom is 0.322 e. The van der Waals surface area contributed by atoms with Gasteiger partial charge in [0.1, 0.15) is 0 Å². The van der Waals surface area contributed by atoms with Crippen molar-refractivity contribution in [3.8, 4) is 0 Å². The largest absolute Gasteiger partial charge is 0.326 e. The summed E-state index contributed by atoms with van der Waals surface area (Å²) < 4.78 is 0. The number of carbonyl (C=O) groups is 2. The Bertz CT molecular complexity index is 578. The molecule has 0 heterocycles. The van der Waals surface area contributed by atoms with Crippen LogP contribution in [0.3, 0.4) is 0 Å². The molecule has 0 atom stereocenters. The Kier molecular flexibility index (Phi) is 6.57. The highest BCUT2D eigenvalue weighted by Crippen LogP contribution is 2.20. The van der Waals surface area contributed by atoms with Crippen LogP contribution in [0.4, 0.5) is 16.2 Å². The molecule has 5 nitrogen and oxygen atoms in total. The van der Waals surface area contributed by atoms with Crippen LogP contribution in [-0.4, -0.2) is 29.9 Å². The molecular formula is C18H25N3O2. The summed E-state index contributed by atoms with van der Waals surface area (Å²) in [6.07, 6.45) is 3.31. The first-order valence-electron chi connectivity index (χ1n) is 7.47. The number of amides is 3. The minimum absolute atomic E-state index is 0.0825. The highest BCUT2D eigenvalue weighted by atomic mass is 16.2. The zero-order chi connectivity index (χ0) is 17.5. The number of carbonyl (C=O) groups excluding carboxylic acids is 2. The number of benzene rings is 1. The molecule has 5 heteroatoms. The maximum absolute atomic E-state index is 12.2. The molecule has 23 heavy (non-hydrogen) atoms. The Morgan fingerprint density at radius 1 is 1.09 bits per heavy atom. The molecule has 1 aromatic rings. The van der Waals surface area contributed by atoms with Crippen molar-refractivity contribution in [3.05, 3.63) is 49.6 Å². The molecular weight excluding hydrogens is 290 g/mol. The van der Waals surface area contributed by atoms with Crippen molar-refractivity contribution in [1.82, 2.24) is 4.90 Å². The van der Waals surface area contributed by atoms with E-state index in [1.54, 1.807) is 41.3 Å². The summed E-state index contributed by atoms with van der Waals surface area (Å²) >= 11 is 0. The Hall–Kier alpha value is -2.56. The summed E-state index contributed by atoms with van der Waals surface area (Å²) in [5.74, 6) is -0.0825. The molecule has 0 unspecified atom stereocenters. The van der Waals surface area contributed by atoms with Gasteiger partial charge in [0.2, 0.25) is 5.91 Å². The SMILES string of the molecule is C=CCN(CC=C)C(=O)Nc1cccc(NC(=O)C(C)(C)C)c1. The maximum atomic E-state index is 12.2.